The second kappa shape index (κ2) is 7.21. The number of halogens is 1. The van der Waals surface area contributed by atoms with Crippen molar-refractivity contribution in [2.24, 2.45) is 0 Å². The van der Waals surface area contributed by atoms with Gasteiger partial charge in [0.1, 0.15) is 5.82 Å². The number of carbonyl (C=O) groups excluding carboxylic acids is 1. The highest BCUT2D eigenvalue weighted by Crippen LogP contribution is 2.26. The van der Waals surface area contributed by atoms with Gasteiger partial charge in [-0.05, 0) is 30.7 Å². The number of carbonyl (C=O) groups is 1. The predicted octanol–water partition coefficient (Wildman–Crippen LogP) is 4.57. The number of nitrogens with one attached hydrogen (secondary N) is 1. The summed E-state index contributed by atoms with van der Waals surface area (Å²) in [5.41, 5.74) is 2.06. The maximum Gasteiger partial charge on any atom is 0.252 e. The van der Waals surface area contributed by atoms with Gasteiger partial charge in [0.25, 0.3) is 5.91 Å². The number of para-hydroxylation sites is 1. The van der Waals surface area contributed by atoms with E-state index in [1.165, 1.54) is 6.07 Å². The molecule has 1 N–H and O–H groups in total. The molecule has 0 fully saturated rings. The van der Waals surface area contributed by atoms with Crippen LogP contribution in [0.2, 0.25) is 0 Å². The SMILES string of the molecule is CCCCNC(=O)c1cc(-c2ccccc2F)nc2ccccc12. The summed E-state index contributed by atoms with van der Waals surface area (Å²) in [6.07, 6.45) is 1.94. The van der Waals surface area contributed by atoms with E-state index in [1.807, 2.05) is 24.3 Å². The minimum Gasteiger partial charge on any atom is -0.352 e. The number of nitrogens with zero attached hydrogens (tertiary/aromatic N) is 1. The fourth-order valence-electron chi connectivity index (χ4n) is 2.64. The van der Waals surface area contributed by atoms with Gasteiger partial charge in [-0.1, -0.05) is 43.7 Å². The number of hydrogen-bond acceptors (Lipinski definition) is 2. The van der Waals surface area contributed by atoms with E-state index in [9.17, 15) is 9.18 Å². The zero-order valence-electron chi connectivity index (χ0n) is 13.6. The summed E-state index contributed by atoms with van der Waals surface area (Å²) in [5.74, 6) is -0.503. The van der Waals surface area contributed by atoms with Crippen molar-refractivity contribution in [1.82, 2.24) is 10.3 Å². The lowest BCUT2D eigenvalue weighted by Gasteiger charge is -2.11. The van der Waals surface area contributed by atoms with Crippen LogP contribution >= 0.6 is 0 Å². The maximum atomic E-state index is 14.1. The summed E-state index contributed by atoms with van der Waals surface area (Å²) in [5, 5.41) is 3.69. The molecule has 0 spiro atoms. The van der Waals surface area contributed by atoms with Crippen molar-refractivity contribution in [3.63, 3.8) is 0 Å². The predicted molar refractivity (Wildman–Crippen MR) is 94.4 cm³/mol. The Morgan fingerprint density at radius 1 is 1.12 bits per heavy atom. The molecule has 3 aromatic rings. The van der Waals surface area contributed by atoms with E-state index in [0.29, 0.717) is 28.9 Å². The molecule has 0 saturated heterocycles. The Morgan fingerprint density at radius 3 is 2.67 bits per heavy atom. The van der Waals surface area contributed by atoms with Gasteiger partial charge >= 0.3 is 0 Å². The topological polar surface area (TPSA) is 42.0 Å². The van der Waals surface area contributed by atoms with E-state index in [2.05, 4.69) is 17.2 Å². The minimum atomic E-state index is -0.349. The largest absolute Gasteiger partial charge is 0.352 e. The summed E-state index contributed by atoms with van der Waals surface area (Å²) in [4.78, 5) is 17.1. The van der Waals surface area contributed by atoms with Crippen LogP contribution in [-0.2, 0) is 0 Å². The number of fused-ring (bicyclic) bond motifs is 1. The average Bonchev–Trinajstić information content (AvgIpc) is 2.61. The fourth-order valence-corrected chi connectivity index (χ4v) is 2.64. The molecule has 0 aliphatic carbocycles. The van der Waals surface area contributed by atoms with Crippen LogP contribution in [0.25, 0.3) is 22.2 Å². The summed E-state index contributed by atoms with van der Waals surface area (Å²) in [6, 6.07) is 15.6. The smallest absolute Gasteiger partial charge is 0.252 e. The van der Waals surface area contributed by atoms with Gasteiger partial charge in [-0.25, -0.2) is 9.37 Å². The van der Waals surface area contributed by atoms with Gasteiger partial charge in [-0.3, -0.25) is 4.79 Å². The van der Waals surface area contributed by atoms with Gasteiger partial charge in [0, 0.05) is 17.5 Å². The lowest BCUT2D eigenvalue weighted by molar-refractivity contribution is 0.0955. The number of unbranched alkanes of at least 4 members (excludes halogenated alkanes) is 1. The number of pyridine rings is 1. The molecule has 3 rings (SSSR count). The molecule has 0 saturated carbocycles. The molecule has 0 atom stereocenters. The van der Waals surface area contributed by atoms with E-state index in [-0.39, 0.29) is 11.7 Å². The Morgan fingerprint density at radius 2 is 1.88 bits per heavy atom. The van der Waals surface area contributed by atoms with E-state index in [1.54, 1.807) is 24.3 Å². The number of benzene rings is 2. The molecule has 4 heteroatoms. The van der Waals surface area contributed by atoms with Crippen LogP contribution < -0.4 is 5.32 Å². The lowest BCUT2D eigenvalue weighted by atomic mass is 10.0. The first kappa shape index (κ1) is 16.1. The first-order valence-corrected chi connectivity index (χ1v) is 8.13. The van der Waals surface area contributed by atoms with Crippen LogP contribution in [0.15, 0.2) is 54.6 Å². The van der Waals surface area contributed by atoms with Crippen molar-refractivity contribution >= 4 is 16.8 Å². The zero-order chi connectivity index (χ0) is 16.9. The molecule has 24 heavy (non-hydrogen) atoms. The molecular weight excluding hydrogens is 303 g/mol. The van der Waals surface area contributed by atoms with Crippen LogP contribution in [0.4, 0.5) is 4.39 Å². The zero-order valence-corrected chi connectivity index (χ0v) is 13.6. The molecule has 1 amide bonds. The fraction of sp³-hybridized carbons (Fsp3) is 0.200. The third-order valence-corrected chi connectivity index (χ3v) is 3.93. The van der Waals surface area contributed by atoms with Crippen molar-refractivity contribution in [2.45, 2.75) is 19.8 Å². The van der Waals surface area contributed by atoms with Crippen molar-refractivity contribution < 1.29 is 9.18 Å². The van der Waals surface area contributed by atoms with Crippen LogP contribution in [0.5, 0.6) is 0 Å². The molecule has 1 aromatic heterocycles. The molecule has 0 bridgehead atoms. The van der Waals surface area contributed by atoms with Gasteiger partial charge in [-0.2, -0.15) is 0 Å². The molecule has 0 aliphatic rings. The highest BCUT2D eigenvalue weighted by molar-refractivity contribution is 6.07. The van der Waals surface area contributed by atoms with Crippen molar-refractivity contribution in [2.75, 3.05) is 6.54 Å². The Labute approximate surface area is 140 Å². The Balaban J connectivity index is 2.10. The third kappa shape index (κ3) is 3.27. The quantitative estimate of drug-likeness (QED) is 0.699. The van der Waals surface area contributed by atoms with Crippen molar-refractivity contribution in [3.8, 4) is 11.3 Å². The summed E-state index contributed by atoms with van der Waals surface area (Å²) in [6.45, 7) is 2.70. The second-order valence-electron chi connectivity index (χ2n) is 5.66. The third-order valence-electron chi connectivity index (χ3n) is 3.93. The number of aromatic nitrogens is 1. The van der Waals surface area contributed by atoms with E-state index in [4.69, 9.17) is 0 Å². The van der Waals surface area contributed by atoms with E-state index < -0.39 is 0 Å². The molecule has 0 aliphatic heterocycles. The molecular formula is C20H19FN2O. The van der Waals surface area contributed by atoms with Gasteiger partial charge in [0.2, 0.25) is 0 Å². The van der Waals surface area contributed by atoms with E-state index >= 15 is 0 Å². The Bertz CT molecular complexity index is 876. The van der Waals surface area contributed by atoms with Gasteiger partial charge < -0.3 is 5.32 Å². The van der Waals surface area contributed by atoms with Crippen LogP contribution in [-0.4, -0.2) is 17.4 Å². The first-order chi connectivity index (χ1) is 11.7. The molecule has 0 unspecified atom stereocenters. The molecule has 1 heterocycles. The second-order valence-corrected chi connectivity index (χ2v) is 5.66. The molecule has 2 aromatic carbocycles. The van der Waals surface area contributed by atoms with E-state index in [0.717, 1.165) is 18.2 Å². The number of amides is 1. The molecule has 0 radical (unpaired) electrons. The first-order valence-electron chi connectivity index (χ1n) is 8.13. The highest BCUT2D eigenvalue weighted by atomic mass is 19.1. The van der Waals surface area contributed by atoms with Crippen LogP contribution in [0.3, 0.4) is 0 Å². The molecule has 3 nitrogen and oxygen atoms in total. The van der Waals surface area contributed by atoms with Crippen molar-refractivity contribution in [1.29, 1.82) is 0 Å². The number of rotatable bonds is 5. The van der Waals surface area contributed by atoms with Crippen LogP contribution in [0, 0.1) is 5.82 Å². The summed E-state index contributed by atoms with van der Waals surface area (Å²) >= 11 is 0. The number of hydrogen-bond donors (Lipinski definition) is 1. The lowest BCUT2D eigenvalue weighted by Crippen LogP contribution is -2.24. The Kier molecular flexibility index (Phi) is 4.85. The summed E-state index contributed by atoms with van der Waals surface area (Å²) in [7, 11) is 0. The monoisotopic (exact) mass is 322 g/mol. The maximum absolute atomic E-state index is 14.1. The normalized spacial score (nSPS) is 10.8. The standard InChI is InChI=1S/C20H19FN2O/c1-2-3-12-22-20(24)16-13-19(15-9-4-6-10-17(15)21)23-18-11-7-5-8-14(16)18/h4-11,13H,2-3,12H2,1H3,(H,22,24). The average molecular weight is 322 g/mol. The Hall–Kier alpha value is -2.75. The van der Waals surface area contributed by atoms with Gasteiger partial charge in [-0.15, -0.1) is 0 Å². The van der Waals surface area contributed by atoms with Crippen molar-refractivity contribution in [3.05, 3.63) is 66.0 Å². The minimum absolute atomic E-state index is 0.153. The van der Waals surface area contributed by atoms with Gasteiger partial charge in [0.05, 0.1) is 16.8 Å². The summed E-state index contributed by atoms with van der Waals surface area (Å²) < 4.78 is 14.1. The highest BCUT2D eigenvalue weighted by Gasteiger charge is 2.15. The van der Waals surface area contributed by atoms with Gasteiger partial charge in [0.15, 0.2) is 0 Å². The molecule has 122 valence electrons. The van der Waals surface area contributed by atoms with Crippen LogP contribution in [0.1, 0.15) is 30.1 Å².